The van der Waals surface area contributed by atoms with Crippen LogP contribution in [-0.2, 0) is 18.3 Å². The maximum absolute atomic E-state index is 6.32. The number of anilines is 2. The van der Waals surface area contributed by atoms with Gasteiger partial charge in [-0.15, -0.1) is 0 Å². The molecule has 0 amide bonds. The molecule has 7 rings (SSSR count). The van der Waals surface area contributed by atoms with Gasteiger partial charge in [0.15, 0.2) is 0 Å². The highest BCUT2D eigenvalue weighted by Gasteiger charge is 2.45. The molecule has 0 atom stereocenters. The average molecular weight is 589 g/mol. The van der Waals surface area contributed by atoms with Gasteiger partial charge in [0.2, 0.25) is 0 Å². The zero-order valence-corrected chi connectivity index (χ0v) is 25.6. The van der Waals surface area contributed by atoms with Gasteiger partial charge in [-0.05, 0) is 106 Å². The largest absolute Gasteiger partial charge is 0.455 e. The standard InChI is InChI=1S/C41H36N2O2/c1-3-27-13-23-39(37(42)25-27)44-31-19-15-29(16-20-31)41(35-11-7-5-9-33(35)34-10-6-8-12-36(34)41)30-17-21-32(22-18-30)45-40-24-14-28(4-2)26-38(40)43/h5-26H,3-4,42-43H2,1-2H3. The third kappa shape index (κ3) is 4.89. The molecule has 0 spiro atoms. The monoisotopic (exact) mass is 588 g/mol. The van der Waals surface area contributed by atoms with Crippen molar-refractivity contribution in [2.75, 3.05) is 11.5 Å². The fourth-order valence-electron chi connectivity index (χ4n) is 6.65. The Balaban J connectivity index is 1.31. The van der Waals surface area contributed by atoms with Gasteiger partial charge in [0.1, 0.15) is 23.0 Å². The molecule has 4 nitrogen and oxygen atoms in total. The highest BCUT2D eigenvalue weighted by atomic mass is 16.5. The van der Waals surface area contributed by atoms with E-state index in [1.807, 2.05) is 48.5 Å². The molecule has 0 unspecified atom stereocenters. The zero-order chi connectivity index (χ0) is 31.0. The lowest BCUT2D eigenvalue weighted by Gasteiger charge is -2.34. The summed E-state index contributed by atoms with van der Waals surface area (Å²) < 4.78 is 12.5. The van der Waals surface area contributed by atoms with Gasteiger partial charge in [-0.3, -0.25) is 0 Å². The summed E-state index contributed by atoms with van der Waals surface area (Å²) in [4.78, 5) is 0. The minimum absolute atomic E-state index is 0.534. The smallest absolute Gasteiger partial charge is 0.150 e. The summed E-state index contributed by atoms with van der Waals surface area (Å²) in [6.07, 6.45) is 1.86. The number of nitrogens with two attached hydrogens (primary N) is 2. The third-order valence-corrected chi connectivity index (χ3v) is 8.95. The second-order valence-electron chi connectivity index (χ2n) is 11.5. The second-order valence-corrected chi connectivity index (χ2v) is 11.5. The molecule has 0 aromatic heterocycles. The topological polar surface area (TPSA) is 70.5 Å². The molecule has 0 saturated heterocycles. The Kier molecular flexibility index (Phi) is 7.26. The Morgan fingerprint density at radius 1 is 0.489 bits per heavy atom. The van der Waals surface area contributed by atoms with Crippen LogP contribution in [0.2, 0.25) is 0 Å². The fourth-order valence-corrected chi connectivity index (χ4v) is 6.65. The van der Waals surface area contributed by atoms with Gasteiger partial charge in [-0.1, -0.05) is 98.8 Å². The molecule has 6 aromatic rings. The van der Waals surface area contributed by atoms with Crippen molar-refractivity contribution in [2.45, 2.75) is 32.1 Å². The van der Waals surface area contributed by atoms with E-state index in [1.165, 1.54) is 33.4 Å². The molecular formula is C41H36N2O2. The number of benzene rings is 6. The summed E-state index contributed by atoms with van der Waals surface area (Å²) in [7, 11) is 0. The lowest BCUT2D eigenvalue weighted by molar-refractivity contribution is 0.484. The van der Waals surface area contributed by atoms with Crippen LogP contribution in [-0.4, -0.2) is 0 Å². The molecular weight excluding hydrogens is 552 g/mol. The van der Waals surface area contributed by atoms with E-state index in [-0.39, 0.29) is 0 Å². The molecule has 0 aliphatic heterocycles. The Bertz CT molecular complexity index is 1850. The summed E-state index contributed by atoms with van der Waals surface area (Å²) in [6, 6.07) is 46.2. The van der Waals surface area contributed by atoms with Crippen LogP contribution in [0.15, 0.2) is 133 Å². The summed E-state index contributed by atoms with van der Waals surface area (Å²) >= 11 is 0. The van der Waals surface area contributed by atoms with Crippen molar-refractivity contribution >= 4 is 11.4 Å². The van der Waals surface area contributed by atoms with Gasteiger partial charge in [0.25, 0.3) is 0 Å². The Morgan fingerprint density at radius 2 is 0.889 bits per heavy atom. The van der Waals surface area contributed by atoms with Gasteiger partial charge < -0.3 is 20.9 Å². The Morgan fingerprint density at radius 3 is 1.27 bits per heavy atom. The number of aryl methyl sites for hydroxylation is 2. The molecule has 0 fully saturated rings. The summed E-state index contributed by atoms with van der Waals surface area (Å²) in [5, 5.41) is 0. The number of ether oxygens (including phenoxy) is 2. The van der Waals surface area contributed by atoms with Crippen molar-refractivity contribution in [1.29, 1.82) is 0 Å². The lowest BCUT2D eigenvalue weighted by Crippen LogP contribution is -2.28. The number of fused-ring (bicyclic) bond motifs is 3. The number of hydrogen-bond acceptors (Lipinski definition) is 4. The number of rotatable bonds is 8. The fraction of sp³-hybridized carbons (Fsp3) is 0.122. The zero-order valence-electron chi connectivity index (χ0n) is 25.6. The quantitative estimate of drug-likeness (QED) is 0.173. The third-order valence-electron chi connectivity index (χ3n) is 8.95. The summed E-state index contributed by atoms with van der Waals surface area (Å²) in [5.74, 6) is 2.79. The molecule has 222 valence electrons. The molecule has 6 aromatic carbocycles. The van der Waals surface area contributed by atoms with Gasteiger partial charge in [-0.2, -0.15) is 0 Å². The number of nitrogen functional groups attached to an aromatic ring is 2. The van der Waals surface area contributed by atoms with Crippen LogP contribution in [0.5, 0.6) is 23.0 Å². The maximum atomic E-state index is 6.32. The Labute approximate surface area is 264 Å². The summed E-state index contributed by atoms with van der Waals surface area (Å²) in [6.45, 7) is 4.23. The van der Waals surface area contributed by atoms with Crippen LogP contribution in [0.25, 0.3) is 11.1 Å². The first-order valence-corrected chi connectivity index (χ1v) is 15.5. The van der Waals surface area contributed by atoms with Crippen LogP contribution in [0.3, 0.4) is 0 Å². The van der Waals surface area contributed by atoms with Crippen LogP contribution >= 0.6 is 0 Å². The minimum atomic E-state index is -0.534. The molecule has 4 heteroatoms. The van der Waals surface area contributed by atoms with Gasteiger partial charge in [0.05, 0.1) is 16.8 Å². The van der Waals surface area contributed by atoms with Gasteiger partial charge in [0, 0.05) is 0 Å². The van der Waals surface area contributed by atoms with E-state index in [2.05, 4.69) is 98.8 Å². The molecule has 0 bridgehead atoms. The second kappa shape index (κ2) is 11.5. The van der Waals surface area contributed by atoms with Gasteiger partial charge in [-0.25, -0.2) is 0 Å². The molecule has 1 aliphatic carbocycles. The average Bonchev–Trinajstić information content (AvgIpc) is 3.38. The van der Waals surface area contributed by atoms with Crippen molar-refractivity contribution in [3.63, 3.8) is 0 Å². The van der Waals surface area contributed by atoms with E-state index < -0.39 is 5.41 Å². The predicted octanol–water partition coefficient (Wildman–Crippen LogP) is 9.92. The highest BCUT2D eigenvalue weighted by molar-refractivity contribution is 5.86. The van der Waals surface area contributed by atoms with E-state index in [1.54, 1.807) is 0 Å². The number of hydrogen-bond donors (Lipinski definition) is 2. The van der Waals surface area contributed by atoms with E-state index in [0.29, 0.717) is 22.9 Å². The first-order valence-electron chi connectivity index (χ1n) is 15.5. The van der Waals surface area contributed by atoms with Crippen LogP contribution in [0, 0.1) is 0 Å². The lowest BCUT2D eigenvalue weighted by atomic mass is 9.68. The SMILES string of the molecule is CCc1ccc(Oc2ccc(C3(c4ccc(Oc5ccc(CC)cc5N)cc4)c4ccccc4-c4ccccc43)cc2)c(N)c1. The highest BCUT2D eigenvalue weighted by Crippen LogP contribution is 2.56. The molecule has 0 radical (unpaired) electrons. The first kappa shape index (κ1) is 28.3. The summed E-state index contributed by atoms with van der Waals surface area (Å²) in [5.41, 5.74) is 23.0. The predicted molar refractivity (Wildman–Crippen MR) is 184 cm³/mol. The van der Waals surface area contributed by atoms with Crippen molar-refractivity contribution in [3.05, 3.63) is 167 Å². The first-order chi connectivity index (χ1) is 22.0. The van der Waals surface area contributed by atoms with Crippen molar-refractivity contribution in [2.24, 2.45) is 0 Å². The van der Waals surface area contributed by atoms with E-state index in [0.717, 1.165) is 35.5 Å². The molecule has 1 aliphatic rings. The van der Waals surface area contributed by atoms with E-state index >= 15 is 0 Å². The normalized spacial score (nSPS) is 12.8. The van der Waals surface area contributed by atoms with Gasteiger partial charge >= 0.3 is 0 Å². The van der Waals surface area contributed by atoms with Crippen LogP contribution in [0.4, 0.5) is 11.4 Å². The molecule has 45 heavy (non-hydrogen) atoms. The molecule has 4 N–H and O–H groups in total. The molecule has 0 heterocycles. The maximum Gasteiger partial charge on any atom is 0.150 e. The Hall–Kier alpha value is -5.48. The molecule has 0 saturated carbocycles. The van der Waals surface area contributed by atoms with Crippen molar-refractivity contribution in [1.82, 2.24) is 0 Å². The van der Waals surface area contributed by atoms with Crippen molar-refractivity contribution in [3.8, 4) is 34.1 Å². The van der Waals surface area contributed by atoms with E-state index in [4.69, 9.17) is 20.9 Å². The van der Waals surface area contributed by atoms with Crippen molar-refractivity contribution < 1.29 is 9.47 Å². The van der Waals surface area contributed by atoms with Crippen LogP contribution in [0.1, 0.15) is 47.2 Å². The van der Waals surface area contributed by atoms with E-state index in [9.17, 15) is 0 Å². The minimum Gasteiger partial charge on any atom is -0.455 e. The van der Waals surface area contributed by atoms with Crippen LogP contribution < -0.4 is 20.9 Å².